The molecular weight excluding hydrogens is 2000 g/mol. The van der Waals surface area contributed by atoms with Gasteiger partial charge in [0.25, 0.3) is 0 Å². The first-order valence-corrected chi connectivity index (χ1v) is 63.2. The van der Waals surface area contributed by atoms with Crippen molar-refractivity contribution in [2.45, 2.75) is 602 Å². The molecule has 0 aliphatic carbocycles. The molecule has 13 heteroatoms. The number of rotatable bonds is 102. The summed E-state index contributed by atoms with van der Waals surface area (Å²) in [6.07, 6.45) is 109. The Labute approximate surface area is 926 Å². The van der Waals surface area contributed by atoms with Gasteiger partial charge in [-0.05, 0) is 130 Å². The van der Waals surface area contributed by atoms with E-state index in [0.717, 1.165) is 155 Å². The number of aliphatic hydroxyl groups excluding tert-OH is 2. The van der Waals surface area contributed by atoms with Gasteiger partial charge in [0.15, 0.2) is 23.0 Å². The molecule has 2 N–H and O–H groups in total. The Bertz CT molecular complexity index is 3350. The largest absolute Gasteiger partial charge is 0.533 e. The third-order valence-corrected chi connectivity index (χ3v) is 29.1. The molecule has 6 aromatic rings. The second-order valence-electron chi connectivity index (χ2n) is 43.5. The Morgan fingerprint density at radius 3 is 0.527 bits per heavy atom. The second kappa shape index (κ2) is 102. The fourth-order valence-electron chi connectivity index (χ4n) is 19.6. The molecule has 0 aliphatic rings. The average Bonchev–Trinajstić information content (AvgIpc) is 0.815. The Hall–Kier alpha value is -5.85. The molecule has 849 valence electrons. The zero-order valence-corrected chi connectivity index (χ0v) is 100. The molecule has 6 rings (SSSR count). The van der Waals surface area contributed by atoms with Gasteiger partial charge in [-0.15, -0.1) is 35.4 Å². The van der Waals surface area contributed by atoms with Crippen LogP contribution < -0.4 is 37.9 Å². The summed E-state index contributed by atoms with van der Waals surface area (Å²) >= 11 is 0. The van der Waals surface area contributed by atoms with Gasteiger partial charge in [0.2, 0.25) is 0 Å². The molecule has 2 aromatic heterocycles. The number of benzene rings is 4. The molecule has 0 fully saturated rings. The summed E-state index contributed by atoms with van der Waals surface area (Å²) in [7, 11) is 0. The molecule has 0 aliphatic heterocycles. The molecule has 0 saturated heterocycles. The van der Waals surface area contributed by atoms with Crippen molar-refractivity contribution in [2.75, 3.05) is 52.9 Å². The van der Waals surface area contributed by atoms with Gasteiger partial charge >= 0.3 is 0 Å². The molecule has 2 unspecified atom stereocenters. The van der Waals surface area contributed by atoms with Crippen LogP contribution in [0.15, 0.2) is 97.3 Å². The molecule has 0 saturated carbocycles. The molecular formula is C135H228IrN2O10-2. The van der Waals surface area contributed by atoms with E-state index in [1.165, 1.54) is 462 Å². The van der Waals surface area contributed by atoms with Gasteiger partial charge in [0.05, 0.1) is 88.1 Å². The normalized spacial score (nSPS) is 11.6. The Morgan fingerprint density at radius 1 is 0.196 bits per heavy atom. The second-order valence-corrected chi connectivity index (χ2v) is 43.5. The monoisotopic (exact) mass is 2230 g/mol. The predicted molar refractivity (Wildman–Crippen MR) is 635 cm³/mol. The van der Waals surface area contributed by atoms with Gasteiger partial charge in [0.1, 0.15) is 0 Å². The van der Waals surface area contributed by atoms with Crippen molar-refractivity contribution in [1.29, 1.82) is 0 Å². The van der Waals surface area contributed by atoms with Crippen molar-refractivity contribution in [1.82, 2.24) is 9.97 Å². The number of aliphatic hydroxyl groups is 2. The fraction of sp³-hybridized carbons (Fsp3) is 0.748. The summed E-state index contributed by atoms with van der Waals surface area (Å²) < 4.78 is 51.6. The van der Waals surface area contributed by atoms with E-state index in [9.17, 15) is 0 Å². The van der Waals surface area contributed by atoms with Crippen LogP contribution in [0.5, 0.6) is 46.0 Å². The van der Waals surface area contributed by atoms with Crippen LogP contribution in [0.4, 0.5) is 0 Å². The molecule has 0 amide bonds. The number of unbranched alkanes of at least 4 members (excludes halogenated alkanes) is 72. The fourth-order valence-corrected chi connectivity index (χ4v) is 19.6. The van der Waals surface area contributed by atoms with Crippen LogP contribution in [0.1, 0.15) is 589 Å². The average molecular weight is 2230 g/mol. The topological polar surface area (TPSA) is 140 Å². The minimum absolute atomic E-state index is 0. The van der Waals surface area contributed by atoms with Crippen molar-refractivity contribution >= 4 is 0 Å². The summed E-state index contributed by atoms with van der Waals surface area (Å²) in [4.78, 5) is 9.97. The van der Waals surface area contributed by atoms with Gasteiger partial charge in [-0.25, -0.2) is 0 Å². The first kappa shape index (κ1) is 136. The minimum Gasteiger partial charge on any atom is -0.533 e. The van der Waals surface area contributed by atoms with Crippen LogP contribution in [0.2, 0.25) is 0 Å². The maximum absolute atomic E-state index is 8.56. The van der Waals surface area contributed by atoms with Gasteiger partial charge in [-0.3, -0.25) is 0 Å². The Balaban J connectivity index is 0.000000708. The van der Waals surface area contributed by atoms with E-state index in [1.54, 1.807) is 13.8 Å². The van der Waals surface area contributed by atoms with Crippen LogP contribution in [0, 0.1) is 12.1 Å². The molecule has 2 heterocycles. The van der Waals surface area contributed by atoms with E-state index in [-0.39, 0.29) is 32.3 Å². The Kier molecular flexibility index (Phi) is 93.6. The molecule has 2 atom stereocenters. The van der Waals surface area contributed by atoms with E-state index < -0.39 is 0 Å². The van der Waals surface area contributed by atoms with Crippen molar-refractivity contribution in [2.24, 2.45) is 0 Å². The number of nitrogens with zero attached hydrogens (tertiary/aromatic N) is 2. The zero-order chi connectivity index (χ0) is 105. The smallest absolute Gasteiger partial charge is 0.161 e. The van der Waals surface area contributed by atoms with Gasteiger partial charge in [-0.1, -0.05) is 566 Å². The van der Waals surface area contributed by atoms with Gasteiger partial charge < -0.3 is 58.1 Å². The maximum atomic E-state index is 8.56. The molecule has 1 radical (unpaired) electrons. The number of hydrogen-bond acceptors (Lipinski definition) is 12. The van der Waals surface area contributed by atoms with Gasteiger partial charge in [-0.2, -0.15) is 0 Å². The van der Waals surface area contributed by atoms with Gasteiger partial charge in [0, 0.05) is 32.5 Å². The summed E-state index contributed by atoms with van der Waals surface area (Å²) in [5.74, 6) is 6.60. The third kappa shape index (κ3) is 75.1. The first-order chi connectivity index (χ1) is 72.5. The van der Waals surface area contributed by atoms with E-state index in [2.05, 4.69) is 140 Å². The van der Waals surface area contributed by atoms with Crippen LogP contribution in [0.25, 0.3) is 44.8 Å². The first-order valence-electron chi connectivity index (χ1n) is 63.2. The van der Waals surface area contributed by atoms with Crippen molar-refractivity contribution in [3.05, 3.63) is 109 Å². The number of ether oxygens (including phenoxy) is 8. The minimum atomic E-state index is -0.375. The van der Waals surface area contributed by atoms with Crippen LogP contribution in [-0.2, 0) is 20.1 Å². The van der Waals surface area contributed by atoms with Crippen molar-refractivity contribution in [3.63, 3.8) is 0 Å². The van der Waals surface area contributed by atoms with Crippen LogP contribution in [-0.4, -0.2) is 85.2 Å². The van der Waals surface area contributed by atoms with Crippen molar-refractivity contribution < 1.29 is 68.2 Å². The molecule has 12 nitrogen and oxygen atoms in total. The van der Waals surface area contributed by atoms with E-state index in [1.807, 2.05) is 24.5 Å². The van der Waals surface area contributed by atoms with E-state index >= 15 is 0 Å². The SMILES string of the molecule is CC(O)CC(C)O.CCCCCCCCCCCCOc1c[c-]c(-c2ccc(-c3ccc(OCCCCCCCCCCCC)c(OCCCCCCCCCCCC)c3)cn2)cc1OCCCCCCCCCCCC.CCCCCCCCCCCCOc1c[c-]c(-c2ccc(-c3ccc(OCCCCCCCCCCCC)c(OCCCCCCCCCCCC)c3)cn2)cc1OCCCCCCCCCCCC.[Ir]. The standard InChI is InChI=1S/2C65H108NO4.C5H12O2.Ir/c2*1-5-9-13-17-21-25-29-33-37-41-51-67-62-49-46-58(55-64(62)69-53-43-39-35-31-27-23-19-15-11-7-3)60-45-48-61(66-57-60)59-47-50-63(68-52-42-38-34-30-26-22-18-14-10-6-2)65(56-59)70-54-44-40-36-32-28-24-20-16-12-8-4;1-4(6)3-5(2)7;/h2*45-46,48-50,55-57H,5-44,51-54H2,1-4H3;4-7H,3H2,1-2H3;/q2*-1;;. The number of aromatic nitrogens is 2. The summed E-state index contributed by atoms with van der Waals surface area (Å²) in [6, 6.07) is 36.5. The summed E-state index contributed by atoms with van der Waals surface area (Å²) in [6.45, 7) is 27.3. The number of pyridine rings is 2. The zero-order valence-electron chi connectivity index (χ0n) is 97.7. The quantitative estimate of drug-likeness (QED) is 0.0277. The van der Waals surface area contributed by atoms with E-state index in [4.69, 9.17) is 58.1 Å². The molecule has 148 heavy (non-hydrogen) atoms. The van der Waals surface area contributed by atoms with Crippen LogP contribution in [0.3, 0.4) is 0 Å². The predicted octanol–water partition coefficient (Wildman–Crippen LogP) is 43.0. The van der Waals surface area contributed by atoms with Crippen LogP contribution >= 0.6 is 0 Å². The molecule has 0 spiro atoms. The summed E-state index contributed by atoms with van der Waals surface area (Å²) in [5.41, 5.74) is 7.89. The Morgan fingerprint density at radius 2 is 0.358 bits per heavy atom. The number of hydrogen-bond donors (Lipinski definition) is 2. The third-order valence-electron chi connectivity index (χ3n) is 29.1. The van der Waals surface area contributed by atoms with E-state index in [0.29, 0.717) is 46.1 Å². The molecule has 4 aromatic carbocycles. The van der Waals surface area contributed by atoms with Crippen molar-refractivity contribution in [3.8, 4) is 90.8 Å². The molecule has 0 bridgehead atoms. The summed E-state index contributed by atoms with van der Waals surface area (Å²) in [5, 5.41) is 17.1. The maximum Gasteiger partial charge on any atom is 0.161 e.